The summed E-state index contributed by atoms with van der Waals surface area (Å²) < 4.78 is 6.30. The molecule has 0 amide bonds. The Labute approximate surface area is 201 Å². The van der Waals surface area contributed by atoms with Gasteiger partial charge in [-0.1, -0.05) is 42.4 Å². The Balaban J connectivity index is 2.41. The molecule has 3 aromatic rings. The normalized spacial score (nSPS) is 11.9. The fraction of sp³-hybridized carbons (Fsp3) is 0.310. The van der Waals surface area contributed by atoms with Gasteiger partial charge in [-0.15, -0.1) is 0 Å². The van der Waals surface area contributed by atoms with E-state index in [4.69, 9.17) is 4.42 Å². The van der Waals surface area contributed by atoms with E-state index in [1.807, 2.05) is 53.7 Å². The third-order valence-corrected chi connectivity index (χ3v) is 6.14. The molecule has 3 rings (SSSR count). The van der Waals surface area contributed by atoms with E-state index < -0.39 is 0 Å². The summed E-state index contributed by atoms with van der Waals surface area (Å²) >= 11 is 0. The molecule has 0 spiro atoms. The smallest absolute Gasteiger partial charge is 0.146 e. The maximum absolute atomic E-state index is 10.8. The molecule has 5 heteroatoms. The Morgan fingerprint density at radius 2 is 1.32 bits per heavy atom. The van der Waals surface area contributed by atoms with Gasteiger partial charge in [0, 0.05) is 40.3 Å². The first-order valence-electron chi connectivity index (χ1n) is 11.4. The second-order valence-corrected chi connectivity index (χ2v) is 9.47. The van der Waals surface area contributed by atoms with Gasteiger partial charge in [0.15, 0.2) is 0 Å². The zero-order chi connectivity index (χ0) is 25.3. The van der Waals surface area contributed by atoms with Crippen molar-refractivity contribution in [1.82, 2.24) is 0 Å². The molecular weight excluding hydrogens is 428 g/mol. The van der Waals surface area contributed by atoms with Crippen LogP contribution in [0, 0.1) is 0 Å². The van der Waals surface area contributed by atoms with Crippen molar-refractivity contribution in [2.45, 2.75) is 60.3 Å². The van der Waals surface area contributed by atoms with E-state index in [1.54, 1.807) is 6.07 Å². The molecule has 0 unspecified atom stereocenters. The fourth-order valence-corrected chi connectivity index (χ4v) is 4.04. The summed E-state index contributed by atoms with van der Waals surface area (Å²) in [5.74, 6) is -0.0690. The van der Waals surface area contributed by atoms with Crippen LogP contribution in [0.5, 0.6) is 23.0 Å². The number of rotatable bonds is 7. The van der Waals surface area contributed by atoms with Gasteiger partial charge in [-0.2, -0.15) is 0 Å². The lowest BCUT2D eigenvalue weighted by Gasteiger charge is -2.16. The number of benzene rings is 2. The summed E-state index contributed by atoms with van der Waals surface area (Å²) in [6, 6.07) is 4.38. The molecule has 180 valence electrons. The summed E-state index contributed by atoms with van der Waals surface area (Å²) in [5.41, 5.74) is 5.73. The van der Waals surface area contributed by atoms with Gasteiger partial charge >= 0.3 is 0 Å². The van der Waals surface area contributed by atoms with Crippen LogP contribution >= 0.6 is 0 Å². The predicted molar refractivity (Wildman–Crippen MR) is 138 cm³/mol. The third kappa shape index (κ3) is 4.84. The third-order valence-electron chi connectivity index (χ3n) is 6.14. The van der Waals surface area contributed by atoms with Gasteiger partial charge in [0.25, 0.3) is 0 Å². The molecule has 2 aromatic carbocycles. The molecule has 1 atom stereocenters. The van der Waals surface area contributed by atoms with Gasteiger partial charge in [-0.3, -0.25) is 0 Å². The zero-order valence-electron chi connectivity index (χ0n) is 20.8. The highest BCUT2D eigenvalue weighted by Gasteiger charge is 2.25. The van der Waals surface area contributed by atoms with Crippen LogP contribution in [0.2, 0.25) is 0 Å². The van der Waals surface area contributed by atoms with E-state index in [1.165, 1.54) is 12.1 Å². The number of hydrogen-bond donors (Lipinski definition) is 4. The minimum Gasteiger partial charge on any atom is -0.507 e. The summed E-state index contributed by atoms with van der Waals surface area (Å²) in [4.78, 5) is 0. The first kappa shape index (κ1) is 25.0. The number of furan rings is 1. The van der Waals surface area contributed by atoms with Crippen molar-refractivity contribution in [3.63, 3.8) is 0 Å². The number of aromatic hydroxyl groups is 4. The molecule has 1 heterocycles. The molecule has 0 radical (unpaired) electrons. The van der Waals surface area contributed by atoms with Gasteiger partial charge in [-0.05, 0) is 53.5 Å². The summed E-state index contributed by atoms with van der Waals surface area (Å²) in [6.45, 7) is 15.7. The lowest BCUT2D eigenvalue weighted by Crippen LogP contribution is -1.97. The van der Waals surface area contributed by atoms with E-state index in [9.17, 15) is 20.4 Å². The SMILES string of the molecule is C=C(C)[C@@H](C)c1c(O)cc(O)c2cc(-c3c(CC=C(C)C)c(O)cc(O)c3CC=C(C)C)oc12. The highest BCUT2D eigenvalue weighted by atomic mass is 16.3. The van der Waals surface area contributed by atoms with Gasteiger partial charge in [-0.25, -0.2) is 0 Å². The van der Waals surface area contributed by atoms with E-state index in [-0.39, 0.29) is 28.9 Å². The van der Waals surface area contributed by atoms with Crippen LogP contribution in [0.25, 0.3) is 22.3 Å². The Morgan fingerprint density at radius 3 is 1.79 bits per heavy atom. The highest BCUT2D eigenvalue weighted by molar-refractivity contribution is 5.93. The van der Waals surface area contributed by atoms with Gasteiger partial charge in [0.1, 0.15) is 34.3 Å². The Bertz CT molecular complexity index is 1270. The van der Waals surface area contributed by atoms with E-state index in [0.29, 0.717) is 51.8 Å². The van der Waals surface area contributed by atoms with E-state index in [0.717, 1.165) is 16.7 Å². The lowest BCUT2D eigenvalue weighted by molar-refractivity contribution is 0.442. The molecule has 0 aliphatic heterocycles. The number of fused-ring (bicyclic) bond motifs is 1. The lowest BCUT2D eigenvalue weighted by atomic mass is 9.91. The van der Waals surface area contributed by atoms with Crippen LogP contribution in [0.3, 0.4) is 0 Å². The average molecular weight is 463 g/mol. The standard InChI is InChI=1S/C29H34O5/c1-15(2)8-10-19-22(30)13-23(31)20(11-9-16(3)4)28(19)26-12-21-24(32)14-25(33)27(29(21)34-26)18(7)17(5)6/h8-9,12-14,18,30-33H,5,10-11H2,1-4,6-7H3/t18-/m1/s1. The minimum atomic E-state index is -0.213. The molecule has 34 heavy (non-hydrogen) atoms. The van der Waals surface area contributed by atoms with Gasteiger partial charge < -0.3 is 24.8 Å². The molecule has 0 saturated heterocycles. The Kier molecular flexibility index (Phi) is 7.15. The first-order chi connectivity index (χ1) is 15.9. The molecular formula is C29H34O5. The van der Waals surface area contributed by atoms with Crippen molar-refractivity contribution in [3.05, 3.63) is 70.3 Å². The summed E-state index contributed by atoms with van der Waals surface area (Å²) in [5, 5.41) is 43.2. The molecule has 1 aromatic heterocycles. The summed E-state index contributed by atoms with van der Waals surface area (Å²) in [7, 11) is 0. The van der Waals surface area contributed by atoms with Gasteiger partial charge in [0.05, 0.1) is 5.39 Å². The number of phenols is 4. The van der Waals surface area contributed by atoms with Crippen LogP contribution in [0.15, 0.2) is 58.1 Å². The highest BCUT2D eigenvalue weighted by Crippen LogP contribution is 2.47. The Morgan fingerprint density at radius 1 is 0.824 bits per heavy atom. The predicted octanol–water partition coefficient (Wildman–Crippen LogP) is 7.62. The fourth-order valence-electron chi connectivity index (χ4n) is 4.04. The number of phenolic OH excluding ortho intramolecular Hbond substituents is 4. The van der Waals surface area contributed by atoms with Crippen LogP contribution < -0.4 is 0 Å². The Hall–Kier alpha value is -3.60. The van der Waals surface area contributed by atoms with Crippen LogP contribution in [0.1, 0.15) is 64.2 Å². The largest absolute Gasteiger partial charge is 0.507 e. The maximum Gasteiger partial charge on any atom is 0.146 e. The quantitative estimate of drug-likeness (QED) is 0.271. The first-order valence-corrected chi connectivity index (χ1v) is 11.4. The monoisotopic (exact) mass is 462 g/mol. The van der Waals surface area contributed by atoms with Crippen molar-refractivity contribution in [2.24, 2.45) is 0 Å². The van der Waals surface area contributed by atoms with Crippen LogP contribution in [-0.2, 0) is 12.8 Å². The molecule has 0 aliphatic rings. The van der Waals surface area contributed by atoms with Crippen molar-refractivity contribution in [2.75, 3.05) is 0 Å². The molecule has 0 aliphatic carbocycles. The van der Waals surface area contributed by atoms with Crippen molar-refractivity contribution >= 4 is 11.0 Å². The minimum absolute atomic E-state index is 0.0333. The van der Waals surface area contributed by atoms with Crippen molar-refractivity contribution < 1.29 is 24.8 Å². The van der Waals surface area contributed by atoms with Crippen LogP contribution in [0.4, 0.5) is 0 Å². The molecule has 0 saturated carbocycles. The van der Waals surface area contributed by atoms with E-state index >= 15 is 0 Å². The van der Waals surface area contributed by atoms with Crippen molar-refractivity contribution in [1.29, 1.82) is 0 Å². The maximum atomic E-state index is 10.8. The summed E-state index contributed by atoms with van der Waals surface area (Å²) in [6.07, 6.45) is 4.88. The van der Waals surface area contributed by atoms with Gasteiger partial charge in [0.2, 0.25) is 0 Å². The molecule has 4 N–H and O–H groups in total. The zero-order valence-corrected chi connectivity index (χ0v) is 20.8. The molecule has 0 bridgehead atoms. The number of allylic oxidation sites excluding steroid dienone is 5. The van der Waals surface area contributed by atoms with E-state index in [2.05, 4.69) is 6.58 Å². The molecule has 5 nitrogen and oxygen atoms in total. The second-order valence-electron chi connectivity index (χ2n) is 9.47. The number of hydrogen-bond acceptors (Lipinski definition) is 5. The van der Waals surface area contributed by atoms with Crippen LogP contribution in [-0.4, -0.2) is 20.4 Å². The second kappa shape index (κ2) is 9.72. The topological polar surface area (TPSA) is 94.1 Å². The van der Waals surface area contributed by atoms with Crippen molar-refractivity contribution in [3.8, 4) is 34.3 Å². The average Bonchev–Trinajstić information content (AvgIpc) is 3.16. The molecule has 0 fully saturated rings.